The molecule has 1 nitrogen and oxygen atoms in total. The number of halogens is 2. The third-order valence-electron chi connectivity index (χ3n) is 9.75. The third kappa shape index (κ3) is 3.12. The van der Waals surface area contributed by atoms with Crippen LogP contribution in [0, 0.1) is 34.5 Å². The molecule has 4 rings (SSSR count). The van der Waals surface area contributed by atoms with Crippen molar-refractivity contribution >= 4 is 29.0 Å². The summed E-state index contributed by atoms with van der Waals surface area (Å²) in [6.07, 6.45) is 18.0. The van der Waals surface area contributed by atoms with Gasteiger partial charge in [0, 0.05) is 0 Å². The average molecular weight is 428 g/mol. The van der Waals surface area contributed by atoms with Gasteiger partial charge < -0.3 is 0 Å². The van der Waals surface area contributed by atoms with Crippen LogP contribution in [0.2, 0.25) is 0 Å². The first-order valence-electron chi connectivity index (χ1n) is 12.3. The van der Waals surface area contributed by atoms with Gasteiger partial charge in [-0.05, 0) is 87.9 Å². The van der Waals surface area contributed by atoms with Crippen molar-refractivity contribution in [3.63, 3.8) is 0 Å². The van der Waals surface area contributed by atoms with E-state index >= 15 is 0 Å². The zero-order chi connectivity index (χ0) is 20.0. The van der Waals surface area contributed by atoms with Crippen LogP contribution >= 0.6 is 23.2 Å². The average Bonchev–Trinajstić information content (AvgIpc) is 2.74. The molecular formula is C25H40Cl2O. The summed E-state index contributed by atoms with van der Waals surface area (Å²) in [5.74, 6) is 3.87. The van der Waals surface area contributed by atoms with E-state index in [1.807, 2.05) is 0 Å². The predicted octanol–water partition coefficient (Wildman–Crippen LogP) is 8.11. The predicted molar refractivity (Wildman–Crippen MR) is 119 cm³/mol. The molecule has 4 fully saturated rings. The highest BCUT2D eigenvalue weighted by Crippen LogP contribution is 2.74. The number of Topliss-reactive ketones (excluding diaryl/α,β-unsaturated/α-hetero) is 1. The van der Waals surface area contributed by atoms with Gasteiger partial charge >= 0.3 is 0 Å². The highest BCUT2D eigenvalue weighted by Gasteiger charge is 2.78. The largest absolute Gasteiger partial charge is 0.298 e. The lowest BCUT2D eigenvalue weighted by Crippen LogP contribution is -2.74. The van der Waals surface area contributed by atoms with Gasteiger partial charge in [-0.3, -0.25) is 4.79 Å². The fourth-order valence-corrected chi connectivity index (χ4v) is 8.86. The van der Waals surface area contributed by atoms with E-state index in [-0.39, 0.29) is 0 Å². The van der Waals surface area contributed by atoms with Crippen molar-refractivity contribution in [2.24, 2.45) is 34.5 Å². The lowest BCUT2D eigenvalue weighted by Gasteiger charge is -2.67. The summed E-state index contributed by atoms with van der Waals surface area (Å²) in [5.41, 5.74) is -0.849. The molecule has 3 heteroatoms. The Morgan fingerprint density at radius 1 is 0.750 bits per heavy atom. The number of hydrogen-bond acceptors (Lipinski definition) is 1. The van der Waals surface area contributed by atoms with Gasteiger partial charge in [0.2, 0.25) is 0 Å². The molecule has 4 aliphatic rings. The number of carbonyl (C=O) groups excluding carboxylic acids is 1. The number of rotatable bonds is 4. The fraction of sp³-hybridized carbons (Fsp3) is 0.960. The second-order valence-corrected chi connectivity index (χ2v) is 12.2. The van der Waals surface area contributed by atoms with Crippen LogP contribution in [-0.4, -0.2) is 10.1 Å². The molecule has 2 spiro atoms. The van der Waals surface area contributed by atoms with Gasteiger partial charge in [0.05, 0.1) is 10.8 Å². The summed E-state index contributed by atoms with van der Waals surface area (Å²) in [6, 6.07) is 0. The van der Waals surface area contributed by atoms with Crippen LogP contribution in [0.4, 0.5) is 0 Å². The summed E-state index contributed by atoms with van der Waals surface area (Å²) in [7, 11) is 0. The molecule has 4 aliphatic carbocycles. The molecule has 0 radical (unpaired) electrons. The maximum absolute atomic E-state index is 13.6. The topological polar surface area (TPSA) is 17.1 Å². The van der Waals surface area contributed by atoms with Gasteiger partial charge in [0.25, 0.3) is 0 Å². The van der Waals surface area contributed by atoms with E-state index in [2.05, 4.69) is 13.8 Å². The van der Waals surface area contributed by atoms with Crippen molar-refractivity contribution in [3.8, 4) is 0 Å². The van der Waals surface area contributed by atoms with E-state index < -0.39 is 15.2 Å². The number of carbonyl (C=O) groups is 1. The highest BCUT2D eigenvalue weighted by atomic mass is 35.5. The number of ketones is 1. The van der Waals surface area contributed by atoms with E-state index in [1.165, 1.54) is 57.8 Å². The molecule has 0 aromatic heterocycles. The minimum absolute atomic E-state index is 0.424. The van der Waals surface area contributed by atoms with Crippen molar-refractivity contribution in [3.05, 3.63) is 0 Å². The summed E-state index contributed by atoms with van der Waals surface area (Å²) in [6.45, 7) is 4.58. The quantitative estimate of drug-likeness (QED) is 0.414. The number of alkyl halides is 2. The van der Waals surface area contributed by atoms with Crippen molar-refractivity contribution in [1.29, 1.82) is 0 Å². The van der Waals surface area contributed by atoms with Crippen LogP contribution in [0.1, 0.15) is 110 Å². The summed E-state index contributed by atoms with van der Waals surface area (Å²) >= 11 is 14.2. The molecule has 0 aliphatic heterocycles. The third-order valence-corrected chi connectivity index (χ3v) is 11.2. The van der Waals surface area contributed by atoms with Crippen molar-refractivity contribution < 1.29 is 4.79 Å². The van der Waals surface area contributed by atoms with Gasteiger partial charge in [-0.2, -0.15) is 0 Å². The van der Waals surface area contributed by atoms with E-state index in [9.17, 15) is 4.79 Å². The standard InChI is InChI=1S/C25H40Cl2O/c1-3-5-19-6-8-20(9-7-19)21-12-16-24(17-13-21)22(28)23(25(24,26)27)14-10-18(4-2)11-15-23/h18-21H,3-17H2,1-2H3. The SMILES string of the molecule is CCCC1CCC(C2CCC3(CC2)C(=O)C2(CCC(CC)CC2)C3(Cl)Cl)CC1. The highest BCUT2D eigenvalue weighted by molar-refractivity contribution is 6.55. The molecule has 0 heterocycles. The van der Waals surface area contributed by atoms with Gasteiger partial charge in [0.15, 0.2) is 5.78 Å². The Balaban J connectivity index is 1.36. The molecule has 0 aromatic carbocycles. The second kappa shape index (κ2) is 8.07. The maximum atomic E-state index is 13.6. The molecule has 0 bridgehead atoms. The maximum Gasteiger partial charge on any atom is 0.151 e. The molecule has 0 aromatic rings. The molecule has 0 atom stereocenters. The minimum atomic E-state index is -0.820. The Morgan fingerprint density at radius 2 is 1.25 bits per heavy atom. The Hall–Kier alpha value is 0.250. The van der Waals surface area contributed by atoms with Crippen LogP contribution in [0.15, 0.2) is 0 Å². The molecule has 0 saturated heterocycles. The summed E-state index contributed by atoms with van der Waals surface area (Å²) in [5, 5.41) is 0. The first kappa shape index (κ1) is 21.5. The van der Waals surface area contributed by atoms with Crippen LogP contribution in [0.5, 0.6) is 0 Å². The Labute approximate surface area is 182 Å². The van der Waals surface area contributed by atoms with Gasteiger partial charge in [-0.15, -0.1) is 0 Å². The summed E-state index contributed by atoms with van der Waals surface area (Å²) in [4.78, 5) is 13.6. The van der Waals surface area contributed by atoms with Crippen LogP contribution in [0.3, 0.4) is 0 Å². The lowest BCUT2D eigenvalue weighted by molar-refractivity contribution is -0.172. The van der Waals surface area contributed by atoms with Gasteiger partial charge in [-0.1, -0.05) is 69.2 Å². The first-order valence-corrected chi connectivity index (χ1v) is 13.1. The second-order valence-electron chi connectivity index (χ2n) is 10.8. The first-order chi connectivity index (χ1) is 13.4. The van der Waals surface area contributed by atoms with Crippen LogP contribution < -0.4 is 0 Å². The molecule has 160 valence electrons. The Bertz CT molecular complexity index is 559. The smallest absolute Gasteiger partial charge is 0.151 e. The van der Waals surface area contributed by atoms with Gasteiger partial charge in [0.1, 0.15) is 4.33 Å². The molecule has 0 unspecified atom stereocenters. The van der Waals surface area contributed by atoms with Crippen molar-refractivity contribution in [2.45, 2.75) is 114 Å². The van der Waals surface area contributed by atoms with Gasteiger partial charge in [-0.25, -0.2) is 0 Å². The molecule has 0 N–H and O–H groups in total. The zero-order valence-electron chi connectivity index (χ0n) is 18.1. The van der Waals surface area contributed by atoms with Crippen LogP contribution in [-0.2, 0) is 4.79 Å². The van der Waals surface area contributed by atoms with E-state index in [4.69, 9.17) is 23.2 Å². The van der Waals surface area contributed by atoms with E-state index in [0.717, 1.165) is 62.2 Å². The van der Waals surface area contributed by atoms with E-state index in [0.29, 0.717) is 5.78 Å². The Kier molecular flexibility index (Phi) is 6.19. The minimum Gasteiger partial charge on any atom is -0.298 e. The fourth-order valence-electron chi connectivity index (χ4n) is 7.76. The lowest BCUT2D eigenvalue weighted by atomic mass is 9.42. The van der Waals surface area contributed by atoms with Crippen LogP contribution in [0.25, 0.3) is 0 Å². The van der Waals surface area contributed by atoms with Crippen molar-refractivity contribution in [2.75, 3.05) is 0 Å². The Morgan fingerprint density at radius 3 is 1.71 bits per heavy atom. The molecular weight excluding hydrogens is 387 g/mol. The zero-order valence-corrected chi connectivity index (χ0v) is 19.6. The molecule has 28 heavy (non-hydrogen) atoms. The number of hydrogen-bond donors (Lipinski definition) is 0. The van der Waals surface area contributed by atoms with E-state index in [1.54, 1.807) is 0 Å². The monoisotopic (exact) mass is 426 g/mol. The molecule has 4 saturated carbocycles. The summed E-state index contributed by atoms with van der Waals surface area (Å²) < 4.78 is -0.820. The van der Waals surface area contributed by atoms with Crippen molar-refractivity contribution in [1.82, 2.24) is 0 Å². The normalized spacial score (nSPS) is 45.9. The molecule has 0 amide bonds.